The number of benzene rings is 2. The number of para-hydroxylation sites is 1. The van der Waals surface area contributed by atoms with Gasteiger partial charge in [-0.25, -0.2) is 4.39 Å². The van der Waals surface area contributed by atoms with E-state index in [1.807, 2.05) is 12.1 Å². The van der Waals surface area contributed by atoms with E-state index in [4.69, 9.17) is 4.74 Å². The van der Waals surface area contributed by atoms with Gasteiger partial charge in [-0.3, -0.25) is 0 Å². The first-order chi connectivity index (χ1) is 10.3. The molecule has 0 bridgehead atoms. The normalized spacial score (nSPS) is 16.9. The third-order valence-corrected chi connectivity index (χ3v) is 3.80. The molecular weight excluding hydrogens is 269 g/mol. The van der Waals surface area contributed by atoms with Crippen LogP contribution in [0.3, 0.4) is 0 Å². The third kappa shape index (κ3) is 3.00. The van der Waals surface area contributed by atoms with Crippen molar-refractivity contribution >= 4 is 5.69 Å². The van der Waals surface area contributed by atoms with E-state index in [1.54, 1.807) is 12.1 Å². The fourth-order valence-electron chi connectivity index (χ4n) is 2.78. The van der Waals surface area contributed by atoms with Crippen molar-refractivity contribution in [3.63, 3.8) is 0 Å². The summed E-state index contributed by atoms with van der Waals surface area (Å²) in [6, 6.07) is 14.3. The second-order valence-corrected chi connectivity index (χ2v) is 5.19. The summed E-state index contributed by atoms with van der Waals surface area (Å²) in [5, 5.41) is 9.46. The summed E-state index contributed by atoms with van der Waals surface area (Å²) in [6.45, 7) is 2.14. The zero-order valence-electron chi connectivity index (χ0n) is 11.7. The van der Waals surface area contributed by atoms with Crippen LogP contribution < -0.4 is 9.64 Å². The zero-order chi connectivity index (χ0) is 14.7. The largest absolute Gasteiger partial charge is 0.492 e. The molecule has 2 aromatic carbocycles. The molecule has 0 spiro atoms. The van der Waals surface area contributed by atoms with Crippen LogP contribution in [0.15, 0.2) is 48.5 Å². The minimum atomic E-state index is -0.292. The van der Waals surface area contributed by atoms with Crippen LogP contribution in [0.5, 0.6) is 5.75 Å². The Morgan fingerprint density at radius 1 is 1.19 bits per heavy atom. The van der Waals surface area contributed by atoms with E-state index in [9.17, 15) is 9.50 Å². The molecule has 1 aliphatic heterocycles. The van der Waals surface area contributed by atoms with Gasteiger partial charge in [0, 0.05) is 24.2 Å². The molecule has 110 valence electrons. The molecule has 0 radical (unpaired) electrons. The van der Waals surface area contributed by atoms with E-state index in [-0.39, 0.29) is 18.3 Å². The maximum Gasteiger partial charge on any atom is 0.126 e. The lowest BCUT2D eigenvalue weighted by Crippen LogP contribution is -2.27. The van der Waals surface area contributed by atoms with Gasteiger partial charge in [-0.2, -0.15) is 0 Å². The molecule has 0 saturated carbocycles. The lowest BCUT2D eigenvalue weighted by Gasteiger charge is -2.20. The highest BCUT2D eigenvalue weighted by Gasteiger charge is 2.27. The maximum atomic E-state index is 13.1. The Labute approximate surface area is 123 Å². The molecule has 4 heteroatoms. The van der Waals surface area contributed by atoms with Crippen molar-refractivity contribution in [2.45, 2.75) is 5.92 Å². The summed E-state index contributed by atoms with van der Waals surface area (Å²) in [4.78, 5) is 2.20. The second kappa shape index (κ2) is 6.14. The number of aliphatic hydroxyl groups excluding tert-OH is 1. The van der Waals surface area contributed by atoms with Crippen molar-refractivity contribution in [2.75, 3.05) is 31.2 Å². The molecule has 21 heavy (non-hydrogen) atoms. The fourth-order valence-corrected chi connectivity index (χ4v) is 2.78. The minimum absolute atomic E-state index is 0.151. The van der Waals surface area contributed by atoms with Crippen LogP contribution in [-0.2, 0) is 0 Å². The molecule has 2 aromatic rings. The summed E-state index contributed by atoms with van der Waals surface area (Å²) in [5.74, 6) is 0.413. The van der Waals surface area contributed by atoms with Gasteiger partial charge < -0.3 is 14.7 Å². The van der Waals surface area contributed by atoms with Crippen LogP contribution >= 0.6 is 0 Å². The standard InChI is InChI=1S/C17H18FNO2/c18-14-4-3-5-15(10-14)21-9-8-19-11-13(12-20)16-6-1-2-7-17(16)19/h1-7,10,13,20H,8-9,11-12H2. The fraction of sp³-hybridized carbons (Fsp3) is 0.294. The number of halogens is 1. The van der Waals surface area contributed by atoms with Crippen LogP contribution in [0.2, 0.25) is 0 Å². The Balaban J connectivity index is 1.62. The number of fused-ring (bicyclic) bond motifs is 1. The Kier molecular flexibility index (Phi) is 4.06. The topological polar surface area (TPSA) is 32.7 Å². The number of ether oxygens (including phenoxy) is 1. The van der Waals surface area contributed by atoms with Gasteiger partial charge in [0.05, 0.1) is 13.2 Å². The molecule has 1 heterocycles. The van der Waals surface area contributed by atoms with Gasteiger partial charge in [0.15, 0.2) is 0 Å². The highest BCUT2D eigenvalue weighted by atomic mass is 19.1. The van der Waals surface area contributed by atoms with Crippen molar-refractivity contribution in [3.05, 3.63) is 59.9 Å². The zero-order valence-corrected chi connectivity index (χ0v) is 11.7. The monoisotopic (exact) mass is 287 g/mol. The number of hydrogen-bond acceptors (Lipinski definition) is 3. The summed E-state index contributed by atoms with van der Waals surface area (Å²) in [7, 11) is 0. The average Bonchev–Trinajstić information content (AvgIpc) is 2.86. The number of rotatable bonds is 5. The van der Waals surface area contributed by atoms with Crippen molar-refractivity contribution in [2.24, 2.45) is 0 Å². The Bertz CT molecular complexity index is 617. The van der Waals surface area contributed by atoms with E-state index in [0.29, 0.717) is 18.9 Å². The Morgan fingerprint density at radius 3 is 2.86 bits per heavy atom. The maximum absolute atomic E-state index is 13.1. The Morgan fingerprint density at radius 2 is 2.05 bits per heavy atom. The van der Waals surface area contributed by atoms with Gasteiger partial charge in [-0.15, -0.1) is 0 Å². The van der Waals surface area contributed by atoms with Gasteiger partial charge in [0.1, 0.15) is 18.2 Å². The predicted octanol–water partition coefficient (Wildman–Crippen LogP) is 2.80. The smallest absolute Gasteiger partial charge is 0.126 e. The molecule has 3 nitrogen and oxygen atoms in total. The lowest BCUT2D eigenvalue weighted by molar-refractivity contribution is 0.268. The van der Waals surface area contributed by atoms with Crippen LogP contribution in [0.25, 0.3) is 0 Å². The van der Waals surface area contributed by atoms with Gasteiger partial charge >= 0.3 is 0 Å². The molecule has 0 aromatic heterocycles. The highest BCUT2D eigenvalue weighted by Crippen LogP contribution is 2.35. The van der Waals surface area contributed by atoms with Gasteiger partial charge in [0.25, 0.3) is 0 Å². The molecule has 0 fully saturated rings. The molecule has 1 unspecified atom stereocenters. The predicted molar refractivity (Wildman–Crippen MR) is 80.4 cm³/mol. The van der Waals surface area contributed by atoms with Crippen molar-refractivity contribution < 1.29 is 14.2 Å². The van der Waals surface area contributed by atoms with Crippen LogP contribution in [0, 0.1) is 5.82 Å². The highest BCUT2D eigenvalue weighted by molar-refractivity contribution is 5.60. The van der Waals surface area contributed by atoms with E-state index >= 15 is 0 Å². The number of hydrogen-bond donors (Lipinski definition) is 1. The molecule has 0 amide bonds. The van der Waals surface area contributed by atoms with Crippen LogP contribution in [-0.4, -0.2) is 31.4 Å². The molecular formula is C17H18FNO2. The number of anilines is 1. The van der Waals surface area contributed by atoms with E-state index in [2.05, 4.69) is 17.0 Å². The molecule has 1 atom stereocenters. The Hall–Kier alpha value is -2.07. The SMILES string of the molecule is OCC1CN(CCOc2cccc(F)c2)c2ccccc21. The quantitative estimate of drug-likeness (QED) is 0.918. The van der Waals surface area contributed by atoms with Crippen LogP contribution in [0.1, 0.15) is 11.5 Å². The first-order valence-electron chi connectivity index (χ1n) is 7.11. The van der Waals surface area contributed by atoms with Crippen LogP contribution in [0.4, 0.5) is 10.1 Å². The van der Waals surface area contributed by atoms with Gasteiger partial charge in [0.2, 0.25) is 0 Å². The minimum Gasteiger partial charge on any atom is -0.492 e. The van der Waals surface area contributed by atoms with Crippen molar-refractivity contribution in [3.8, 4) is 5.75 Å². The van der Waals surface area contributed by atoms with Crippen molar-refractivity contribution in [1.82, 2.24) is 0 Å². The van der Waals surface area contributed by atoms with Crippen molar-refractivity contribution in [1.29, 1.82) is 0 Å². The summed E-state index contributed by atoms with van der Waals surface area (Å²) in [5.41, 5.74) is 2.34. The first kappa shape index (κ1) is 13.9. The van der Waals surface area contributed by atoms with E-state index in [0.717, 1.165) is 12.2 Å². The second-order valence-electron chi connectivity index (χ2n) is 5.19. The average molecular weight is 287 g/mol. The molecule has 3 rings (SSSR count). The summed E-state index contributed by atoms with van der Waals surface area (Å²) < 4.78 is 18.7. The molecule has 0 saturated heterocycles. The number of aliphatic hydroxyl groups is 1. The first-order valence-corrected chi connectivity index (χ1v) is 7.11. The van der Waals surface area contributed by atoms with Gasteiger partial charge in [-0.05, 0) is 23.8 Å². The third-order valence-electron chi connectivity index (χ3n) is 3.80. The molecule has 1 N–H and O–H groups in total. The van der Waals surface area contributed by atoms with E-state index < -0.39 is 0 Å². The lowest BCUT2D eigenvalue weighted by atomic mass is 10.0. The molecule has 1 aliphatic rings. The van der Waals surface area contributed by atoms with E-state index in [1.165, 1.54) is 17.7 Å². The molecule has 0 aliphatic carbocycles. The van der Waals surface area contributed by atoms with Gasteiger partial charge in [-0.1, -0.05) is 24.3 Å². The number of nitrogens with zero attached hydrogens (tertiary/aromatic N) is 1. The summed E-state index contributed by atoms with van der Waals surface area (Å²) >= 11 is 0. The summed E-state index contributed by atoms with van der Waals surface area (Å²) in [6.07, 6.45) is 0.